The minimum atomic E-state index is -0.0738. The van der Waals surface area contributed by atoms with Gasteiger partial charge in [0.2, 0.25) is 0 Å². The van der Waals surface area contributed by atoms with Crippen LogP contribution in [-0.4, -0.2) is 37.1 Å². The Labute approximate surface area is 73.7 Å². The van der Waals surface area contributed by atoms with Gasteiger partial charge in [-0.05, 0) is 13.5 Å². The number of rotatable bonds is 2. The minimum Gasteiger partial charge on any atom is -0.461 e. The minimum absolute atomic E-state index is 0.00379. The molecule has 1 aliphatic rings. The fourth-order valence-electron chi connectivity index (χ4n) is 1.29. The van der Waals surface area contributed by atoms with Crippen LogP contribution < -0.4 is 0 Å². The first-order chi connectivity index (χ1) is 5.59. The number of carbonyl (C=O) groups is 1. The van der Waals surface area contributed by atoms with Crippen LogP contribution in [0.3, 0.4) is 0 Å². The van der Waals surface area contributed by atoms with E-state index in [4.69, 9.17) is 4.74 Å². The number of nitrogens with zero attached hydrogens (tertiary/aromatic N) is 1. The van der Waals surface area contributed by atoms with E-state index in [1.165, 1.54) is 0 Å². The fourth-order valence-corrected chi connectivity index (χ4v) is 1.29. The zero-order chi connectivity index (χ0) is 9.14. The van der Waals surface area contributed by atoms with Gasteiger partial charge in [-0.15, -0.1) is 0 Å². The van der Waals surface area contributed by atoms with Crippen LogP contribution in [0.1, 0.15) is 20.3 Å². The average molecular weight is 171 g/mol. The highest BCUT2D eigenvalue weighted by Gasteiger charge is 2.23. The molecule has 3 heteroatoms. The van der Waals surface area contributed by atoms with Crippen molar-refractivity contribution in [1.82, 2.24) is 4.90 Å². The largest absolute Gasteiger partial charge is 0.461 e. The van der Waals surface area contributed by atoms with E-state index in [0.717, 1.165) is 19.5 Å². The molecule has 0 aromatic heterocycles. The van der Waals surface area contributed by atoms with Gasteiger partial charge >= 0.3 is 5.97 Å². The lowest BCUT2D eigenvalue weighted by Gasteiger charge is -2.13. The van der Waals surface area contributed by atoms with E-state index >= 15 is 0 Å². The van der Waals surface area contributed by atoms with E-state index in [1.807, 2.05) is 20.9 Å². The number of hydrogen-bond acceptors (Lipinski definition) is 3. The molecule has 0 aromatic rings. The van der Waals surface area contributed by atoms with Crippen molar-refractivity contribution < 1.29 is 9.53 Å². The molecule has 0 bridgehead atoms. The summed E-state index contributed by atoms with van der Waals surface area (Å²) in [6.07, 6.45) is 1.11. The number of likely N-dealkylation sites (N-methyl/N-ethyl adjacent to an activating group) is 1. The lowest BCUT2D eigenvalue weighted by molar-refractivity contribution is -0.152. The highest BCUT2D eigenvalue weighted by atomic mass is 16.5. The van der Waals surface area contributed by atoms with Gasteiger partial charge < -0.3 is 9.64 Å². The van der Waals surface area contributed by atoms with Crippen molar-refractivity contribution in [1.29, 1.82) is 0 Å². The Morgan fingerprint density at radius 1 is 1.58 bits per heavy atom. The third kappa shape index (κ3) is 2.48. The molecule has 3 nitrogen and oxygen atoms in total. The predicted molar refractivity (Wildman–Crippen MR) is 46.8 cm³/mol. The molecule has 0 amide bonds. The second-order valence-corrected chi connectivity index (χ2v) is 3.76. The molecule has 0 aromatic carbocycles. The Hall–Kier alpha value is -0.570. The SMILES string of the molecule is CC(C)C(=O)OC1CCN(C)C1. The second-order valence-electron chi connectivity index (χ2n) is 3.76. The molecule has 1 heterocycles. The summed E-state index contributed by atoms with van der Waals surface area (Å²) in [7, 11) is 2.04. The first kappa shape index (κ1) is 9.52. The van der Waals surface area contributed by atoms with Crippen molar-refractivity contribution >= 4 is 5.97 Å². The van der Waals surface area contributed by atoms with Crippen LogP contribution in [0, 0.1) is 5.92 Å². The third-order valence-corrected chi connectivity index (χ3v) is 2.10. The van der Waals surface area contributed by atoms with Crippen molar-refractivity contribution in [2.24, 2.45) is 5.92 Å². The molecule has 1 aliphatic heterocycles. The van der Waals surface area contributed by atoms with E-state index in [2.05, 4.69) is 4.90 Å². The van der Waals surface area contributed by atoms with Crippen molar-refractivity contribution in [3.05, 3.63) is 0 Å². The number of hydrogen-bond donors (Lipinski definition) is 0. The maximum Gasteiger partial charge on any atom is 0.308 e. The molecule has 0 N–H and O–H groups in total. The van der Waals surface area contributed by atoms with Crippen LogP contribution >= 0.6 is 0 Å². The summed E-state index contributed by atoms with van der Waals surface area (Å²) in [4.78, 5) is 13.3. The zero-order valence-electron chi connectivity index (χ0n) is 8.04. The van der Waals surface area contributed by atoms with Gasteiger partial charge in [0.25, 0.3) is 0 Å². The summed E-state index contributed by atoms with van der Waals surface area (Å²) in [6.45, 7) is 5.65. The highest BCUT2D eigenvalue weighted by molar-refractivity contribution is 5.71. The Kier molecular flexibility index (Phi) is 3.09. The van der Waals surface area contributed by atoms with Gasteiger partial charge in [-0.2, -0.15) is 0 Å². The van der Waals surface area contributed by atoms with Gasteiger partial charge in [0.05, 0.1) is 5.92 Å². The number of esters is 1. The number of carbonyl (C=O) groups excluding carboxylic acids is 1. The smallest absolute Gasteiger partial charge is 0.308 e. The van der Waals surface area contributed by atoms with Gasteiger partial charge in [0.15, 0.2) is 0 Å². The third-order valence-electron chi connectivity index (χ3n) is 2.10. The van der Waals surface area contributed by atoms with E-state index in [-0.39, 0.29) is 18.0 Å². The summed E-state index contributed by atoms with van der Waals surface area (Å²) in [6, 6.07) is 0. The number of ether oxygens (including phenoxy) is 1. The topological polar surface area (TPSA) is 29.5 Å². The van der Waals surface area contributed by atoms with Gasteiger partial charge in [-0.25, -0.2) is 0 Å². The molecular weight excluding hydrogens is 154 g/mol. The first-order valence-electron chi connectivity index (χ1n) is 4.48. The van der Waals surface area contributed by atoms with E-state index in [1.54, 1.807) is 0 Å². The van der Waals surface area contributed by atoms with E-state index < -0.39 is 0 Å². The maximum absolute atomic E-state index is 11.2. The molecule has 1 fully saturated rings. The molecule has 1 unspecified atom stereocenters. The molecule has 12 heavy (non-hydrogen) atoms. The van der Waals surface area contributed by atoms with E-state index in [0.29, 0.717) is 0 Å². The number of likely N-dealkylation sites (tertiary alicyclic amines) is 1. The van der Waals surface area contributed by atoms with Crippen molar-refractivity contribution in [2.45, 2.75) is 26.4 Å². The normalized spacial score (nSPS) is 24.8. The van der Waals surface area contributed by atoms with Crippen LogP contribution in [0.15, 0.2) is 0 Å². The van der Waals surface area contributed by atoms with Gasteiger partial charge in [-0.3, -0.25) is 4.79 Å². The first-order valence-corrected chi connectivity index (χ1v) is 4.48. The molecule has 1 rings (SSSR count). The van der Waals surface area contributed by atoms with E-state index in [9.17, 15) is 4.79 Å². The Balaban J connectivity index is 2.28. The summed E-state index contributed by atoms with van der Waals surface area (Å²) in [5, 5.41) is 0. The standard InChI is InChI=1S/C9H17NO2/c1-7(2)9(11)12-8-4-5-10(3)6-8/h7-8H,4-6H2,1-3H3. The maximum atomic E-state index is 11.2. The molecule has 70 valence electrons. The fraction of sp³-hybridized carbons (Fsp3) is 0.889. The molecule has 1 atom stereocenters. The average Bonchev–Trinajstić information content (AvgIpc) is 2.35. The molecule has 0 radical (unpaired) electrons. The van der Waals surface area contributed by atoms with Crippen molar-refractivity contribution in [2.75, 3.05) is 20.1 Å². The predicted octanol–water partition coefficient (Wildman–Crippen LogP) is 0.890. The molecular formula is C9H17NO2. The molecule has 0 saturated carbocycles. The second kappa shape index (κ2) is 3.90. The van der Waals surface area contributed by atoms with Crippen molar-refractivity contribution in [3.8, 4) is 0 Å². The highest BCUT2D eigenvalue weighted by Crippen LogP contribution is 2.12. The summed E-state index contributed by atoms with van der Waals surface area (Å²) < 4.78 is 5.26. The summed E-state index contributed by atoms with van der Waals surface area (Å²) >= 11 is 0. The lowest BCUT2D eigenvalue weighted by Crippen LogP contribution is -2.24. The molecule has 0 aliphatic carbocycles. The van der Waals surface area contributed by atoms with Gasteiger partial charge in [0.1, 0.15) is 6.10 Å². The summed E-state index contributed by atoms with van der Waals surface area (Å²) in [5.41, 5.74) is 0. The van der Waals surface area contributed by atoms with Crippen LogP contribution in [0.2, 0.25) is 0 Å². The Bertz CT molecular complexity index is 168. The van der Waals surface area contributed by atoms with Gasteiger partial charge in [0, 0.05) is 13.1 Å². The Morgan fingerprint density at radius 2 is 2.25 bits per heavy atom. The van der Waals surface area contributed by atoms with Crippen molar-refractivity contribution in [3.63, 3.8) is 0 Å². The molecule has 0 spiro atoms. The molecule has 1 saturated heterocycles. The van der Waals surface area contributed by atoms with Crippen LogP contribution in [0.25, 0.3) is 0 Å². The van der Waals surface area contributed by atoms with Crippen LogP contribution in [0.4, 0.5) is 0 Å². The zero-order valence-corrected chi connectivity index (χ0v) is 8.04. The van der Waals surface area contributed by atoms with Crippen LogP contribution in [0.5, 0.6) is 0 Å². The van der Waals surface area contributed by atoms with Gasteiger partial charge in [-0.1, -0.05) is 13.8 Å². The lowest BCUT2D eigenvalue weighted by atomic mass is 10.2. The summed E-state index contributed by atoms with van der Waals surface area (Å²) in [5.74, 6) is -0.0776. The monoisotopic (exact) mass is 171 g/mol. The van der Waals surface area contributed by atoms with Crippen LogP contribution in [-0.2, 0) is 9.53 Å². The quantitative estimate of drug-likeness (QED) is 0.578. The Morgan fingerprint density at radius 3 is 2.67 bits per heavy atom.